The van der Waals surface area contributed by atoms with Crippen LogP contribution in [0.4, 0.5) is 5.69 Å². The molecule has 2 amide bonds. The van der Waals surface area contributed by atoms with E-state index >= 15 is 0 Å². The molecule has 3 atom stereocenters. The summed E-state index contributed by atoms with van der Waals surface area (Å²) in [7, 11) is 0. The number of benzene rings is 3. The Morgan fingerprint density at radius 1 is 0.878 bits per heavy atom. The minimum atomic E-state index is -0.610. The predicted molar refractivity (Wildman–Crippen MR) is 156 cm³/mol. The summed E-state index contributed by atoms with van der Waals surface area (Å²) in [5.41, 5.74) is 4.08. The number of fused-ring (bicyclic) bond motifs is 1. The first-order valence-electron chi connectivity index (χ1n) is 14.5. The first kappa shape index (κ1) is 27.5. The molecular formula is C34H36N2O5. The molecule has 3 aliphatic rings. The maximum Gasteiger partial charge on any atom is 0.266 e. The molecule has 7 heteroatoms. The zero-order chi connectivity index (χ0) is 28.3. The molecule has 0 radical (unpaired) electrons. The largest absolute Gasteiger partial charge is 0.392 e. The minimum Gasteiger partial charge on any atom is -0.392 e. The lowest BCUT2D eigenvalue weighted by Crippen LogP contribution is -2.43. The zero-order valence-electron chi connectivity index (χ0n) is 23.2. The van der Waals surface area contributed by atoms with Gasteiger partial charge in [-0.2, -0.15) is 0 Å². The highest BCUT2D eigenvalue weighted by molar-refractivity contribution is 6.34. The van der Waals surface area contributed by atoms with E-state index in [1.807, 2.05) is 42.5 Å². The lowest BCUT2D eigenvalue weighted by Gasteiger charge is -2.39. The Labute approximate surface area is 241 Å². The van der Waals surface area contributed by atoms with Gasteiger partial charge < -0.3 is 14.6 Å². The maximum atomic E-state index is 13.0. The van der Waals surface area contributed by atoms with Gasteiger partial charge in [-0.15, -0.1) is 6.58 Å². The number of aliphatic hydroxyl groups excluding tert-OH is 1. The molecule has 3 aromatic rings. The normalized spacial score (nSPS) is 22.9. The molecule has 41 heavy (non-hydrogen) atoms. The number of rotatable bonds is 9. The molecular weight excluding hydrogens is 516 g/mol. The van der Waals surface area contributed by atoms with Crippen LogP contribution in [0.1, 0.15) is 81.9 Å². The van der Waals surface area contributed by atoms with Crippen molar-refractivity contribution in [3.8, 4) is 0 Å². The number of nitrogens with zero attached hydrogens (tertiary/aromatic N) is 2. The highest BCUT2D eigenvalue weighted by Crippen LogP contribution is 2.39. The third kappa shape index (κ3) is 5.63. The molecule has 1 N–H and O–H groups in total. The Morgan fingerprint density at radius 3 is 2.12 bits per heavy atom. The van der Waals surface area contributed by atoms with Crippen molar-refractivity contribution in [3.05, 3.63) is 113 Å². The van der Waals surface area contributed by atoms with Gasteiger partial charge in [0.15, 0.2) is 6.29 Å². The predicted octanol–water partition coefficient (Wildman–Crippen LogP) is 5.96. The molecule has 2 heterocycles. The van der Waals surface area contributed by atoms with Crippen LogP contribution < -0.4 is 4.90 Å². The Balaban J connectivity index is 1.24. The third-order valence-electron chi connectivity index (χ3n) is 8.48. The maximum absolute atomic E-state index is 13.0. The highest BCUT2D eigenvalue weighted by Gasteiger charge is 2.37. The molecule has 0 bridgehead atoms. The SMILES string of the molecule is C=CCN(C[C@@H]1C[C@H](c2ccc(CO)cc2)O[C@H](c2ccc(N3C(=O)c4ccccc4C3=O)cc2)O1)C1CCCC1. The Hall–Kier alpha value is -3.62. The number of hydrogen-bond acceptors (Lipinski definition) is 6. The van der Waals surface area contributed by atoms with Gasteiger partial charge in [0.1, 0.15) is 0 Å². The molecule has 1 saturated heterocycles. The van der Waals surface area contributed by atoms with E-state index < -0.39 is 6.29 Å². The van der Waals surface area contributed by atoms with Crippen LogP contribution in [0, 0.1) is 0 Å². The second-order valence-electron chi connectivity index (χ2n) is 11.1. The second-order valence-corrected chi connectivity index (χ2v) is 11.1. The minimum absolute atomic E-state index is 0.00246. The summed E-state index contributed by atoms with van der Waals surface area (Å²) >= 11 is 0. The molecule has 2 aliphatic heterocycles. The lowest BCUT2D eigenvalue weighted by atomic mass is 9.99. The average molecular weight is 553 g/mol. The molecule has 212 valence electrons. The second kappa shape index (κ2) is 12.1. The summed E-state index contributed by atoms with van der Waals surface area (Å²) in [6, 6.07) is 22.6. The fraction of sp³-hybridized carbons (Fsp3) is 0.353. The molecule has 0 aromatic heterocycles. The summed E-state index contributed by atoms with van der Waals surface area (Å²) < 4.78 is 13.1. The Bertz CT molecular complexity index is 1360. The van der Waals surface area contributed by atoms with E-state index in [1.165, 1.54) is 30.6 Å². The Kier molecular flexibility index (Phi) is 8.12. The summed E-state index contributed by atoms with van der Waals surface area (Å²) in [6.07, 6.45) is 6.74. The molecule has 2 fully saturated rings. The number of ether oxygens (including phenoxy) is 2. The quantitative estimate of drug-likeness (QED) is 0.261. The van der Waals surface area contributed by atoms with Gasteiger partial charge in [-0.3, -0.25) is 14.5 Å². The van der Waals surface area contributed by atoms with Gasteiger partial charge in [0.25, 0.3) is 11.8 Å². The number of imide groups is 1. The van der Waals surface area contributed by atoms with E-state index in [0.717, 1.165) is 29.8 Å². The summed E-state index contributed by atoms with van der Waals surface area (Å²) in [5, 5.41) is 9.50. The van der Waals surface area contributed by atoms with Crippen LogP contribution in [0.15, 0.2) is 85.5 Å². The molecule has 6 rings (SSSR count). The van der Waals surface area contributed by atoms with Crippen LogP contribution in [0.2, 0.25) is 0 Å². The van der Waals surface area contributed by atoms with E-state index in [4.69, 9.17) is 9.47 Å². The standard InChI is InChI=1S/C34H36N2O5/c1-2-19-35(26-7-3-4-8-26)21-28-20-31(24-13-11-23(22-37)12-14-24)41-34(40-28)25-15-17-27(18-16-25)36-32(38)29-9-5-6-10-30(29)33(36)39/h2,5-6,9-18,26,28,31,34,37H,1,3-4,7-8,19-22H2/t28-,31+,34+/m0/s1. The third-order valence-corrected chi connectivity index (χ3v) is 8.48. The van der Waals surface area contributed by atoms with Gasteiger partial charge in [0.2, 0.25) is 0 Å². The van der Waals surface area contributed by atoms with Crippen molar-refractivity contribution in [2.24, 2.45) is 0 Å². The molecule has 1 aliphatic carbocycles. The number of carbonyl (C=O) groups is 2. The van der Waals surface area contributed by atoms with Crippen molar-refractivity contribution >= 4 is 17.5 Å². The van der Waals surface area contributed by atoms with Crippen LogP contribution in [-0.2, 0) is 16.1 Å². The van der Waals surface area contributed by atoms with Gasteiger partial charge >= 0.3 is 0 Å². The van der Waals surface area contributed by atoms with Gasteiger partial charge in [-0.1, -0.05) is 67.4 Å². The van der Waals surface area contributed by atoms with Gasteiger partial charge in [0.05, 0.1) is 35.6 Å². The summed E-state index contributed by atoms with van der Waals surface area (Å²) in [5.74, 6) is -0.631. The molecule has 1 saturated carbocycles. The number of hydrogen-bond donors (Lipinski definition) is 1. The lowest BCUT2D eigenvalue weighted by molar-refractivity contribution is -0.253. The fourth-order valence-electron chi connectivity index (χ4n) is 6.31. The van der Waals surface area contributed by atoms with Crippen molar-refractivity contribution in [1.82, 2.24) is 4.90 Å². The van der Waals surface area contributed by atoms with Gasteiger partial charge in [-0.25, -0.2) is 4.90 Å². The average Bonchev–Trinajstić information content (AvgIpc) is 3.64. The smallest absolute Gasteiger partial charge is 0.266 e. The van der Waals surface area contributed by atoms with Crippen LogP contribution >= 0.6 is 0 Å². The van der Waals surface area contributed by atoms with Crippen LogP contribution in [0.25, 0.3) is 0 Å². The van der Waals surface area contributed by atoms with Gasteiger partial charge in [0, 0.05) is 31.1 Å². The zero-order valence-corrected chi connectivity index (χ0v) is 23.2. The topological polar surface area (TPSA) is 79.3 Å². The van der Waals surface area contributed by atoms with Crippen molar-refractivity contribution in [1.29, 1.82) is 0 Å². The van der Waals surface area contributed by atoms with Crippen LogP contribution in [0.3, 0.4) is 0 Å². The first-order valence-corrected chi connectivity index (χ1v) is 14.5. The molecule has 0 spiro atoms. The number of anilines is 1. The molecule has 3 aromatic carbocycles. The monoisotopic (exact) mass is 552 g/mol. The van der Waals surface area contributed by atoms with E-state index in [1.54, 1.807) is 36.4 Å². The summed E-state index contributed by atoms with van der Waals surface area (Å²) in [6.45, 7) is 5.60. The highest BCUT2D eigenvalue weighted by atomic mass is 16.7. The Morgan fingerprint density at radius 2 is 1.51 bits per heavy atom. The van der Waals surface area contributed by atoms with Crippen molar-refractivity contribution < 1.29 is 24.2 Å². The van der Waals surface area contributed by atoms with Gasteiger partial charge in [-0.05, 0) is 48.2 Å². The summed E-state index contributed by atoms with van der Waals surface area (Å²) in [4.78, 5) is 29.7. The number of carbonyl (C=O) groups excluding carboxylic acids is 2. The van der Waals surface area contributed by atoms with Crippen molar-refractivity contribution in [3.63, 3.8) is 0 Å². The van der Waals surface area contributed by atoms with E-state index in [2.05, 4.69) is 11.5 Å². The van der Waals surface area contributed by atoms with E-state index in [-0.39, 0.29) is 30.6 Å². The van der Waals surface area contributed by atoms with Crippen molar-refractivity contribution in [2.75, 3.05) is 18.0 Å². The number of aliphatic hydroxyl groups is 1. The van der Waals surface area contributed by atoms with E-state index in [0.29, 0.717) is 29.3 Å². The molecule has 7 nitrogen and oxygen atoms in total. The number of amides is 2. The van der Waals surface area contributed by atoms with E-state index in [9.17, 15) is 14.7 Å². The first-order chi connectivity index (χ1) is 20.1. The van der Waals surface area contributed by atoms with Crippen LogP contribution in [0.5, 0.6) is 0 Å². The fourth-order valence-corrected chi connectivity index (χ4v) is 6.31. The molecule has 0 unspecified atom stereocenters. The van der Waals surface area contributed by atoms with Crippen molar-refractivity contribution in [2.45, 2.75) is 63.3 Å². The van der Waals surface area contributed by atoms with Crippen LogP contribution in [-0.4, -0.2) is 47.1 Å².